The molecule has 0 radical (unpaired) electrons. The van der Waals surface area contributed by atoms with Crippen LogP contribution in [-0.4, -0.2) is 9.97 Å². The standard InChI is InChI=1S/C16H17N3S2/c1-10-11(2)21-16-14(10)15(18-9-19-16)20-8-13-5-3-12(7-17)4-6-13/h3-6,9H,7-8,17H2,1-2H3. The molecule has 3 rings (SSSR count). The Kier molecular flexibility index (Phi) is 4.24. The number of rotatable bonds is 4. The SMILES string of the molecule is Cc1sc2ncnc(SCc3ccc(CN)cc3)c2c1C. The molecule has 0 saturated heterocycles. The topological polar surface area (TPSA) is 51.8 Å². The molecule has 3 nitrogen and oxygen atoms in total. The zero-order valence-corrected chi connectivity index (χ0v) is 13.7. The van der Waals surface area contributed by atoms with Gasteiger partial charge in [0.05, 0.1) is 0 Å². The average Bonchev–Trinajstić information content (AvgIpc) is 2.81. The molecule has 5 heteroatoms. The number of hydrogen-bond acceptors (Lipinski definition) is 5. The van der Waals surface area contributed by atoms with E-state index in [1.165, 1.54) is 21.4 Å². The first-order valence-corrected chi connectivity index (χ1v) is 8.60. The van der Waals surface area contributed by atoms with Crippen LogP contribution in [-0.2, 0) is 12.3 Å². The van der Waals surface area contributed by atoms with Crippen LogP contribution in [0.4, 0.5) is 0 Å². The number of aryl methyl sites for hydroxylation is 2. The van der Waals surface area contributed by atoms with Gasteiger partial charge in [0.2, 0.25) is 0 Å². The largest absolute Gasteiger partial charge is 0.326 e. The Labute approximate surface area is 132 Å². The maximum atomic E-state index is 5.63. The number of nitrogens with zero attached hydrogens (tertiary/aromatic N) is 2. The molecule has 1 aromatic carbocycles. The predicted octanol–water partition coefficient (Wildman–Crippen LogP) is 4.06. The summed E-state index contributed by atoms with van der Waals surface area (Å²) < 4.78 is 0. The van der Waals surface area contributed by atoms with Crippen LogP contribution in [0.25, 0.3) is 10.2 Å². The van der Waals surface area contributed by atoms with Crippen molar-refractivity contribution in [3.63, 3.8) is 0 Å². The molecule has 0 spiro atoms. The summed E-state index contributed by atoms with van der Waals surface area (Å²) in [5.74, 6) is 0.908. The minimum absolute atomic E-state index is 0.591. The zero-order chi connectivity index (χ0) is 14.8. The van der Waals surface area contributed by atoms with Crippen molar-refractivity contribution in [1.82, 2.24) is 9.97 Å². The Hall–Kier alpha value is -1.43. The van der Waals surface area contributed by atoms with Gasteiger partial charge in [-0.15, -0.1) is 23.1 Å². The second kappa shape index (κ2) is 6.13. The monoisotopic (exact) mass is 315 g/mol. The van der Waals surface area contributed by atoms with Gasteiger partial charge in [0.15, 0.2) is 0 Å². The van der Waals surface area contributed by atoms with Crippen LogP contribution in [0.5, 0.6) is 0 Å². The molecule has 0 saturated carbocycles. The maximum absolute atomic E-state index is 5.63. The molecule has 2 N–H and O–H groups in total. The number of aromatic nitrogens is 2. The second-order valence-electron chi connectivity index (χ2n) is 4.95. The van der Waals surface area contributed by atoms with Crippen LogP contribution >= 0.6 is 23.1 Å². The molecule has 0 atom stereocenters. The molecule has 0 aliphatic heterocycles. The van der Waals surface area contributed by atoms with Crippen molar-refractivity contribution in [2.24, 2.45) is 5.73 Å². The first-order chi connectivity index (χ1) is 10.2. The smallest absolute Gasteiger partial charge is 0.128 e. The summed E-state index contributed by atoms with van der Waals surface area (Å²) in [6, 6.07) is 8.45. The summed E-state index contributed by atoms with van der Waals surface area (Å²) in [6.07, 6.45) is 1.66. The summed E-state index contributed by atoms with van der Waals surface area (Å²) in [5.41, 5.74) is 9.38. The Balaban J connectivity index is 1.84. The van der Waals surface area contributed by atoms with Crippen molar-refractivity contribution in [3.8, 4) is 0 Å². The van der Waals surface area contributed by atoms with Gasteiger partial charge in [0, 0.05) is 22.6 Å². The normalized spacial score (nSPS) is 11.2. The van der Waals surface area contributed by atoms with E-state index in [-0.39, 0.29) is 0 Å². The Morgan fingerprint density at radius 3 is 2.52 bits per heavy atom. The molecule has 108 valence electrons. The second-order valence-corrected chi connectivity index (χ2v) is 7.12. The van der Waals surface area contributed by atoms with Crippen LogP contribution in [0.1, 0.15) is 21.6 Å². The fraction of sp³-hybridized carbons (Fsp3) is 0.250. The number of thioether (sulfide) groups is 1. The predicted molar refractivity (Wildman–Crippen MR) is 90.8 cm³/mol. The molecule has 0 unspecified atom stereocenters. The maximum Gasteiger partial charge on any atom is 0.128 e. The van der Waals surface area contributed by atoms with E-state index in [0.717, 1.165) is 21.2 Å². The highest BCUT2D eigenvalue weighted by molar-refractivity contribution is 7.98. The number of nitrogens with two attached hydrogens (primary N) is 1. The molecule has 0 aliphatic rings. The molecular weight excluding hydrogens is 298 g/mol. The molecule has 0 aliphatic carbocycles. The van der Waals surface area contributed by atoms with Gasteiger partial charge in [-0.1, -0.05) is 24.3 Å². The average molecular weight is 315 g/mol. The van der Waals surface area contributed by atoms with E-state index in [1.807, 2.05) is 0 Å². The summed E-state index contributed by atoms with van der Waals surface area (Å²) in [5, 5.41) is 2.29. The highest BCUT2D eigenvalue weighted by Gasteiger charge is 2.12. The first kappa shape index (κ1) is 14.5. The highest BCUT2D eigenvalue weighted by atomic mass is 32.2. The molecule has 21 heavy (non-hydrogen) atoms. The van der Waals surface area contributed by atoms with Crippen LogP contribution in [0.2, 0.25) is 0 Å². The molecule has 2 aromatic heterocycles. The number of benzene rings is 1. The van der Waals surface area contributed by atoms with E-state index in [9.17, 15) is 0 Å². The number of thiophene rings is 1. The lowest BCUT2D eigenvalue weighted by atomic mass is 10.1. The Morgan fingerprint density at radius 1 is 1.10 bits per heavy atom. The van der Waals surface area contributed by atoms with E-state index in [2.05, 4.69) is 48.1 Å². The number of hydrogen-bond donors (Lipinski definition) is 1. The van der Waals surface area contributed by atoms with Crippen LogP contribution in [0.3, 0.4) is 0 Å². The van der Waals surface area contributed by atoms with Gasteiger partial charge >= 0.3 is 0 Å². The van der Waals surface area contributed by atoms with Crippen molar-refractivity contribution >= 4 is 33.3 Å². The van der Waals surface area contributed by atoms with E-state index < -0.39 is 0 Å². The summed E-state index contributed by atoms with van der Waals surface area (Å²) in [6.45, 7) is 4.88. The van der Waals surface area contributed by atoms with E-state index >= 15 is 0 Å². The van der Waals surface area contributed by atoms with Crippen molar-refractivity contribution < 1.29 is 0 Å². The van der Waals surface area contributed by atoms with Crippen LogP contribution in [0.15, 0.2) is 35.6 Å². The quantitative estimate of drug-likeness (QED) is 0.583. The Bertz CT molecular complexity index is 763. The third-order valence-electron chi connectivity index (χ3n) is 3.56. The molecule has 0 fully saturated rings. The molecule has 0 bridgehead atoms. The van der Waals surface area contributed by atoms with Crippen LogP contribution in [0, 0.1) is 13.8 Å². The lowest BCUT2D eigenvalue weighted by Gasteiger charge is -2.04. The van der Waals surface area contributed by atoms with Gasteiger partial charge < -0.3 is 5.73 Å². The van der Waals surface area contributed by atoms with E-state index in [4.69, 9.17) is 5.73 Å². The van der Waals surface area contributed by atoms with Crippen molar-refractivity contribution in [1.29, 1.82) is 0 Å². The van der Waals surface area contributed by atoms with Crippen LogP contribution < -0.4 is 5.73 Å². The third-order valence-corrected chi connectivity index (χ3v) is 5.74. The van der Waals surface area contributed by atoms with Gasteiger partial charge in [-0.05, 0) is 30.5 Å². The molecule has 0 amide bonds. The van der Waals surface area contributed by atoms with E-state index in [0.29, 0.717) is 6.54 Å². The molecule has 3 aromatic rings. The van der Waals surface area contributed by atoms with Gasteiger partial charge in [0.1, 0.15) is 16.2 Å². The summed E-state index contributed by atoms with van der Waals surface area (Å²) in [7, 11) is 0. The van der Waals surface area contributed by atoms with Gasteiger partial charge in [-0.2, -0.15) is 0 Å². The molecule has 2 heterocycles. The fourth-order valence-corrected chi connectivity index (χ4v) is 4.26. The van der Waals surface area contributed by atoms with E-state index in [1.54, 1.807) is 29.4 Å². The number of fused-ring (bicyclic) bond motifs is 1. The fourth-order valence-electron chi connectivity index (χ4n) is 2.18. The van der Waals surface area contributed by atoms with Gasteiger partial charge in [0.25, 0.3) is 0 Å². The van der Waals surface area contributed by atoms with Gasteiger partial charge in [-0.3, -0.25) is 0 Å². The minimum Gasteiger partial charge on any atom is -0.326 e. The van der Waals surface area contributed by atoms with Gasteiger partial charge in [-0.25, -0.2) is 9.97 Å². The summed E-state index contributed by atoms with van der Waals surface area (Å²) >= 11 is 3.51. The Morgan fingerprint density at radius 2 is 1.81 bits per heavy atom. The first-order valence-electron chi connectivity index (χ1n) is 6.80. The lowest BCUT2D eigenvalue weighted by Crippen LogP contribution is -1.95. The summed E-state index contributed by atoms with van der Waals surface area (Å²) in [4.78, 5) is 11.3. The van der Waals surface area contributed by atoms with Crippen molar-refractivity contribution in [2.75, 3.05) is 0 Å². The van der Waals surface area contributed by atoms with Crippen molar-refractivity contribution in [3.05, 3.63) is 52.2 Å². The zero-order valence-electron chi connectivity index (χ0n) is 12.1. The molecular formula is C16H17N3S2. The highest BCUT2D eigenvalue weighted by Crippen LogP contribution is 2.35. The van der Waals surface area contributed by atoms with Crippen molar-refractivity contribution in [2.45, 2.75) is 31.2 Å². The lowest BCUT2D eigenvalue weighted by molar-refractivity contribution is 1.07. The minimum atomic E-state index is 0.591. The third kappa shape index (κ3) is 2.95.